The van der Waals surface area contributed by atoms with Crippen LogP contribution in [0.4, 0.5) is 5.69 Å². The quantitative estimate of drug-likeness (QED) is 0.567. The van der Waals surface area contributed by atoms with Crippen molar-refractivity contribution in [1.82, 2.24) is 14.7 Å². The lowest BCUT2D eigenvalue weighted by molar-refractivity contribution is -0.116. The van der Waals surface area contributed by atoms with E-state index in [1.54, 1.807) is 18.3 Å². The van der Waals surface area contributed by atoms with Crippen LogP contribution in [0.5, 0.6) is 0 Å². The average Bonchev–Trinajstić information content (AvgIpc) is 3.22. The van der Waals surface area contributed by atoms with Gasteiger partial charge in [0.1, 0.15) is 12.1 Å². The largest absolute Gasteiger partial charge is 0.333 e. The Bertz CT molecular complexity index is 1210. The predicted molar refractivity (Wildman–Crippen MR) is 109 cm³/mol. The lowest BCUT2D eigenvalue weighted by Gasteiger charge is -2.09. The van der Waals surface area contributed by atoms with Crippen molar-refractivity contribution in [2.24, 2.45) is 0 Å². The molecular formula is C22H18N4O3. The van der Waals surface area contributed by atoms with Crippen molar-refractivity contribution < 1.29 is 9.32 Å². The number of nitrogens with zero attached hydrogens (tertiary/aromatic N) is 3. The molecule has 0 unspecified atom stereocenters. The monoisotopic (exact) mass is 386 g/mol. The van der Waals surface area contributed by atoms with Crippen molar-refractivity contribution in [2.45, 2.75) is 13.5 Å². The summed E-state index contributed by atoms with van der Waals surface area (Å²) < 4.78 is 6.60. The molecule has 1 amide bonds. The Hall–Kier alpha value is -4.00. The fraction of sp³-hybridized carbons (Fsp3) is 0.0909. The molecule has 0 atom stereocenters. The Kier molecular flexibility index (Phi) is 5.03. The van der Waals surface area contributed by atoms with Gasteiger partial charge >= 0.3 is 0 Å². The molecule has 0 saturated heterocycles. The highest BCUT2D eigenvalue weighted by Gasteiger charge is 2.16. The molecule has 2 heterocycles. The summed E-state index contributed by atoms with van der Waals surface area (Å²) in [4.78, 5) is 29.5. The van der Waals surface area contributed by atoms with E-state index in [2.05, 4.69) is 15.5 Å². The van der Waals surface area contributed by atoms with Crippen LogP contribution in [-0.2, 0) is 11.3 Å². The molecule has 0 radical (unpaired) electrons. The summed E-state index contributed by atoms with van der Waals surface area (Å²) in [6.07, 6.45) is 1.55. The van der Waals surface area contributed by atoms with Crippen LogP contribution in [0.2, 0.25) is 0 Å². The first-order valence-electron chi connectivity index (χ1n) is 9.06. The normalized spacial score (nSPS) is 10.7. The van der Waals surface area contributed by atoms with Gasteiger partial charge in [-0.15, -0.1) is 0 Å². The Morgan fingerprint density at radius 3 is 2.59 bits per heavy atom. The fourth-order valence-electron chi connectivity index (χ4n) is 2.92. The van der Waals surface area contributed by atoms with Crippen LogP contribution >= 0.6 is 0 Å². The molecule has 0 fully saturated rings. The Morgan fingerprint density at radius 2 is 1.79 bits per heavy atom. The van der Waals surface area contributed by atoms with Crippen LogP contribution in [0, 0.1) is 6.92 Å². The lowest BCUT2D eigenvalue weighted by atomic mass is 10.2. The number of hydrogen-bond donors (Lipinski definition) is 1. The molecule has 0 spiro atoms. The SMILES string of the molecule is Cc1ccccc1NC(=O)Cn1cccc(-c2nc(-c3ccccc3)no2)c1=O. The molecule has 0 saturated carbocycles. The van der Waals surface area contributed by atoms with Crippen LogP contribution in [0.25, 0.3) is 22.8 Å². The van der Waals surface area contributed by atoms with E-state index < -0.39 is 0 Å². The minimum Gasteiger partial charge on any atom is -0.333 e. The van der Waals surface area contributed by atoms with Crippen molar-refractivity contribution in [3.8, 4) is 22.8 Å². The zero-order chi connectivity index (χ0) is 20.2. The van der Waals surface area contributed by atoms with Gasteiger partial charge in [-0.3, -0.25) is 9.59 Å². The van der Waals surface area contributed by atoms with E-state index in [0.717, 1.165) is 11.1 Å². The lowest BCUT2D eigenvalue weighted by Crippen LogP contribution is -2.28. The molecule has 0 aliphatic heterocycles. The van der Waals surface area contributed by atoms with E-state index in [-0.39, 0.29) is 29.5 Å². The second-order valence-corrected chi connectivity index (χ2v) is 6.51. The third kappa shape index (κ3) is 3.98. The molecule has 2 aromatic heterocycles. The van der Waals surface area contributed by atoms with E-state index in [0.29, 0.717) is 11.5 Å². The van der Waals surface area contributed by atoms with Gasteiger partial charge in [0.05, 0.1) is 0 Å². The van der Waals surface area contributed by atoms with Crippen LogP contribution in [-0.4, -0.2) is 20.6 Å². The summed E-state index contributed by atoms with van der Waals surface area (Å²) in [5, 5.41) is 6.77. The number of carbonyl (C=O) groups is 1. The first-order valence-corrected chi connectivity index (χ1v) is 9.06. The number of hydrogen-bond acceptors (Lipinski definition) is 5. The number of nitrogens with one attached hydrogen (secondary N) is 1. The maximum atomic E-state index is 12.8. The van der Waals surface area contributed by atoms with Gasteiger partial charge in [0.2, 0.25) is 11.7 Å². The Labute approximate surface area is 166 Å². The molecule has 7 nitrogen and oxygen atoms in total. The van der Waals surface area contributed by atoms with Crippen LogP contribution in [0.15, 0.2) is 82.2 Å². The summed E-state index contributed by atoms with van der Waals surface area (Å²) in [5.41, 5.74) is 2.31. The number of aromatic nitrogens is 3. The number of para-hydroxylation sites is 1. The highest BCUT2D eigenvalue weighted by molar-refractivity contribution is 5.91. The third-order valence-corrected chi connectivity index (χ3v) is 4.44. The summed E-state index contributed by atoms with van der Waals surface area (Å²) in [6, 6.07) is 20.1. The summed E-state index contributed by atoms with van der Waals surface area (Å²) in [7, 11) is 0. The highest BCUT2D eigenvalue weighted by atomic mass is 16.5. The van der Waals surface area contributed by atoms with Crippen LogP contribution < -0.4 is 10.9 Å². The van der Waals surface area contributed by atoms with Gasteiger partial charge in [0.25, 0.3) is 11.4 Å². The molecule has 4 aromatic rings. The van der Waals surface area contributed by atoms with E-state index in [1.807, 2.05) is 61.5 Å². The first kappa shape index (κ1) is 18.4. The summed E-state index contributed by atoms with van der Waals surface area (Å²) in [5.74, 6) is 0.212. The molecule has 7 heteroatoms. The zero-order valence-corrected chi connectivity index (χ0v) is 15.7. The minimum atomic E-state index is -0.379. The number of anilines is 1. The number of carbonyl (C=O) groups excluding carboxylic acids is 1. The van der Waals surface area contributed by atoms with Crippen molar-refractivity contribution in [2.75, 3.05) is 5.32 Å². The number of amides is 1. The smallest absolute Gasteiger partial charge is 0.263 e. The first-order chi connectivity index (χ1) is 14.1. The van der Waals surface area contributed by atoms with Gasteiger partial charge in [-0.1, -0.05) is 53.7 Å². The maximum absolute atomic E-state index is 12.8. The summed E-state index contributed by atoms with van der Waals surface area (Å²) in [6.45, 7) is 1.78. The van der Waals surface area contributed by atoms with Gasteiger partial charge in [-0.25, -0.2) is 0 Å². The molecule has 0 bridgehead atoms. The predicted octanol–water partition coefficient (Wildman–Crippen LogP) is 3.51. The van der Waals surface area contributed by atoms with E-state index in [1.165, 1.54) is 4.57 Å². The Balaban J connectivity index is 1.57. The molecular weight excluding hydrogens is 368 g/mol. The van der Waals surface area contributed by atoms with Crippen molar-refractivity contribution >= 4 is 11.6 Å². The van der Waals surface area contributed by atoms with E-state index in [4.69, 9.17) is 4.52 Å². The summed E-state index contributed by atoms with van der Waals surface area (Å²) >= 11 is 0. The number of aryl methyl sites for hydroxylation is 1. The van der Waals surface area contributed by atoms with Crippen molar-refractivity contribution in [3.05, 3.63) is 88.8 Å². The molecule has 29 heavy (non-hydrogen) atoms. The number of pyridine rings is 1. The highest BCUT2D eigenvalue weighted by Crippen LogP contribution is 2.19. The van der Waals surface area contributed by atoms with Crippen LogP contribution in [0.3, 0.4) is 0 Å². The molecule has 1 N–H and O–H groups in total. The maximum Gasteiger partial charge on any atom is 0.263 e. The van der Waals surface area contributed by atoms with Gasteiger partial charge in [-0.05, 0) is 30.7 Å². The average molecular weight is 386 g/mol. The van der Waals surface area contributed by atoms with Crippen molar-refractivity contribution in [1.29, 1.82) is 0 Å². The van der Waals surface area contributed by atoms with E-state index >= 15 is 0 Å². The molecule has 2 aromatic carbocycles. The number of rotatable bonds is 5. The van der Waals surface area contributed by atoms with Gasteiger partial charge in [0, 0.05) is 17.4 Å². The van der Waals surface area contributed by atoms with Crippen LogP contribution in [0.1, 0.15) is 5.56 Å². The Morgan fingerprint density at radius 1 is 1.03 bits per heavy atom. The molecule has 0 aliphatic carbocycles. The van der Waals surface area contributed by atoms with E-state index in [9.17, 15) is 9.59 Å². The fourth-order valence-corrected chi connectivity index (χ4v) is 2.92. The number of benzene rings is 2. The zero-order valence-electron chi connectivity index (χ0n) is 15.7. The molecule has 144 valence electrons. The van der Waals surface area contributed by atoms with Gasteiger partial charge < -0.3 is 14.4 Å². The minimum absolute atomic E-state index is 0.113. The van der Waals surface area contributed by atoms with Crippen molar-refractivity contribution in [3.63, 3.8) is 0 Å². The standard InChI is InChI=1S/C22H18N4O3/c1-15-8-5-6-12-18(15)23-19(27)14-26-13-7-11-17(22(26)28)21-24-20(25-29-21)16-9-3-2-4-10-16/h2-13H,14H2,1H3,(H,23,27). The molecule has 0 aliphatic rings. The second kappa shape index (κ2) is 7.93. The van der Waals surface area contributed by atoms with Gasteiger partial charge in [-0.2, -0.15) is 4.98 Å². The molecule has 4 rings (SSSR count). The second-order valence-electron chi connectivity index (χ2n) is 6.51. The topological polar surface area (TPSA) is 90.0 Å². The third-order valence-electron chi connectivity index (χ3n) is 4.44. The van der Waals surface area contributed by atoms with Gasteiger partial charge in [0.15, 0.2) is 0 Å².